The summed E-state index contributed by atoms with van der Waals surface area (Å²) in [4.78, 5) is 8.13. The number of aromatic nitrogens is 2. The van der Waals surface area contributed by atoms with Crippen LogP contribution in [0.2, 0.25) is 0 Å². The van der Waals surface area contributed by atoms with Crippen molar-refractivity contribution in [2.75, 3.05) is 19.5 Å². The van der Waals surface area contributed by atoms with Crippen LogP contribution in [0.25, 0.3) is 10.9 Å². The van der Waals surface area contributed by atoms with E-state index in [1.807, 2.05) is 43.5 Å². The lowest BCUT2D eigenvalue weighted by atomic mass is 10.2. The predicted molar refractivity (Wildman–Crippen MR) is 56.8 cm³/mol. The summed E-state index contributed by atoms with van der Waals surface area (Å²) in [6.07, 6.45) is 3.37. The van der Waals surface area contributed by atoms with Gasteiger partial charge in [0, 0.05) is 31.4 Å². The molecule has 4 nitrogen and oxygen atoms in total. The highest BCUT2D eigenvalue weighted by Crippen LogP contribution is 2.15. The van der Waals surface area contributed by atoms with Crippen LogP contribution in [0, 0.1) is 0 Å². The van der Waals surface area contributed by atoms with Crippen molar-refractivity contribution in [1.82, 2.24) is 15.0 Å². The van der Waals surface area contributed by atoms with Gasteiger partial charge in [-0.05, 0) is 18.2 Å². The van der Waals surface area contributed by atoms with Gasteiger partial charge in [-0.1, -0.05) is 0 Å². The SMILES string of the molecule is CN(C)Nc1ccc2ncncc2c1. The Morgan fingerprint density at radius 1 is 1.29 bits per heavy atom. The molecule has 1 aromatic heterocycles. The second kappa shape index (κ2) is 3.59. The van der Waals surface area contributed by atoms with Gasteiger partial charge in [-0.25, -0.2) is 15.0 Å². The number of nitrogens with one attached hydrogen (secondary N) is 1. The normalized spacial score (nSPS) is 10.8. The van der Waals surface area contributed by atoms with Crippen LogP contribution in [0.1, 0.15) is 0 Å². The van der Waals surface area contributed by atoms with Gasteiger partial charge in [-0.2, -0.15) is 0 Å². The Kier molecular flexibility index (Phi) is 2.28. The first kappa shape index (κ1) is 8.90. The van der Waals surface area contributed by atoms with Crippen molar-refractivity contribution in [1.29, 1.82) is 0 Å². The molecule has 1 aromatic carbocycles. The molecule has 0 radical (unpaired) electrons. The van der Waals surface area contributed by atoms with E-state index in [9.17, 15) is 0 Å². The average Bonchev–Trinajstić information content (AvgIpc) is 2.17. The minimum atomic E-state index is 0.962. The van der Waals surface area contributed by atoms with E-state index in [2.05, 4.69) is 15.4 Å². The molecule has 0 spiro atoms. The third kappa shape index (κ3) is 1.80. The number of hydrogen-bond acceptors (Lipinski definition) is 4. The second-order valence-corrected chi connectivity index (χ2v) is 3.30. The van der Waals surface area contributed by atoms with Crippen LogP contribution in [0.3, 0.4) is 0 Å². The average molecular weight is 188 g/mol. The summed E-state index contributed by atoms with van der Waals surface area (Å²) in [6.45, 7) is 0. The summed E-state index contributed by atoms with van der Waals surface area (Å²) < 4.78 is 0. The standard InChI is InChI=1S/C10H12N4/c1-14(2)13-9-3-4-10-8(5-9)6-11-7-12-10/h3-7,13H,1-2H3. The van der Waals surface area contributed by atoms with Crippen molar-refractivity contribution < 1.29 is 0 Å². The lowest BCUT2D eigenvalue weighted by Crippen LogP contribution is -2.19. The van der Waals surface area contributed by atoms with Gasteiger partial charge >= 0.3 is 0 Å². The molecule has 0 aliphatic heterocycles. The maximum atomic E-state index is 4.15. The molecule has 14 heavy (non-hydrogen) atoms. The van der Waals surface area contributed by atoms with Crippen LogP contribution in [0.4, 0.5) is 5.69 Å². The summed E-state index contributed by atoms with van der Waals surface area (Å²) in [5, 5.41) is 2.93. The Balaban J connectivity index is 2.41. The number of hydrazine groups is 1. The zero-order chi connectivity index (χ0) is 9.97. The molecule has 0 saturated carbocycles. The fraction of sp³-hybridized carbons (Fsp3) is 0.200. The lowest BCUT2D eigenvalue weighted by molar-refractivity contribution is 0.495. The Morgan fingerprint density at radius 3 is 2.93 bits per heavy atom. The molecule has 1 N–H and O–H groups in total. The zero-order valence-corrected chi connectivity index (χ0v) is 8.23. The molecule has 0 saturated heterocycles. The fourth-order valence-corrected chi connectivity index (χ4v) is 1.31. The molecule has 1 heterocycles. The van der Waals surface area contributed by atoms with Gasteiger partial charge in [0.25, 0.3) is 0 Å². The topological polar surface area (TPSA) is 41.0 Å². The molecule has 2 aromatic rings. The maximum Gasteiger partial charge on any atom is 0.116 e. The first-order chi connectivity index (χ1) is 6.75. The van der Waals surface area contributed by atoms with Crippen molar-refractivity contribution in [2.24, 2.45) is 0 Å². The first-order valence-corrected chi connectivity index (χ1v) is 4.39. The number of fused-ring (bicyclic) bond motifs is 1. The summed E-state index contributed by atoms with van der Waals surface area (Å²) >= 11 is 0. The van der Waals surface area contributed by atoms with Crippen LogP contribution >= 0.6 is 0 Å². The molecule has 4 heteroatoms. The van der Waals surface area contributed by atoms with Crippen LogP contribution in [0.5, 0.6) is 0 Å². The Morgan fingerprint density at radius 2 is 2.14 bits per heavy atom. The van der Waals surface area contributed by atoms with Gasteiger partial charge in [-0.3, -0.25) is 0 Å². The van der Waals surface area contributed by atoms with E-state index in [-0.39, 0.29) is 0 Å². The Bertz CT molecular complexity index is 439. The molecular formula is C10H12N4. The molecular weight excluding hydrogens is 176 g/mol. The van der Waals surface area contributed by atoms with Gasteiger partial charge in [-0.15, -0.1) is 0 Å². The number of hydrogen-bond donors (Lipinski definition) is 1. The van der Waals surface area contributed by atoms with Crippen molar-refractivity contribution in [3.63, 3.8) is 0 Å². The molecule has 0 bridgehead atoms. The largest absolute Gasteiger partial charge is 0.319 e. The fourth-order valence-electron chi connectivity index (χ4n) is 1.31. The summed E-state index contributed by atoms with van der Waals surface area (Å²) in [7, 11) is 3.90. The number of anilines is 1. The van der Waals surface area contributed by atoms with Crippen molar-refractivity contribution >= 4 is 16.6 Å². The van der Waals surface area contributed by atoms with Crippen LogP contribution in [0.15, 0.2) is 30.7 Å². The highest BCUT2D eigenvalue weighted by molar-refractivity contribution is 5.81. The van der Waals surface area contributed by atoms with Crippen molar-refractivity contribution in [3.8, 4) is 0 Å². The monoisotopic (exact) mass is 188 g/mol. The summed E-state index contributed by atoms with van der Waals surface area (Å²) in [5.74, 6) is 0. The van der Waals surface area contributed by atoms with Gasteiger partial charge in [0.2, 0.25) is 0 Å². The number of rotatable bonds is 2. The van der Waals surface area contributed by atoms with E-state index in [1.54, 1.807) is 6.33 Å². The van der Waals surface area contributed by atoms with E-state index in [1.165, 1.54) is 0 Å². The van der Waals surface area contributed by atoms with E-state index in [0.717, 1.165) is 16.6 Å². The van der Waals surface area contributed by atoms with Crippen LogP contribution in [-0.2, 0) is 0 Å². The zero-order valence-electron chi connectivity index (χ0n) is 8.23. The molecule has 0 aliphatic carbocycles. The molecule has 0 unspecified atom stereocenters. The second-order valence-electron chi connectivity index (χ2n) is 3.30. The van der Waals surface area contributed by atoms with Gasteiger partial charge < -0.3 is 5.43 Å². The highest BCUT2D eigenvalue weighted by atomic mass is 15.5. The highest BCUT2D eigenvalue weighted by Gasteiger charge is 1.96. The van der Waals surface area contributed by atoms with E-state index in [4.69, 9.17) is 0 Å². The lowest BCUT2D eigenvalue weighted by Gasteiger charge is -2.13. The molecule has 0 amide bonds. The van der Waals surface area contributed by atoms with Crippen LogP contribution < -0.4 is 5.43 Å². The molecule has 0 aliphatic rings. The van der Waals surface area contributed by atoms with Crippen molar-refractivity contribution in [3.05, 3.63) is 30.7 Å². The summed E-state index contributed by atoms with van der Waals surface area (Å²) in [6, 6.07) is 5.99. The minimum absolute atomic E-state index is 0.962. The van der Waals surface area contributed by atoms with E-state index < -0.39 is 0 Å². The quantitative estimate of drug-likeness (QED) is 0.725. The minimum Gasteiger partial charge on any atom is -0.319 e. The third-order valence-corrected chi connectivity index (χ3v) is 1.86. The Hall–Kier alpha value is -1.68. The number of benzene rings is 1. The molecule has 72 valence electrons. The van der Waals surface area contributed by atoms with E-state index >= 15 is 0 Å². The molecule has 2 rings (SSSR count). The van der Waals surface area contributed by atoms with Gasteiger partial charge in [0.15, 0.2) is 0 Å². The van der Waals surface area contributed by atoms with Gasteiger partial charge in [0.1, 0.15) is 6.33 Å². The van der Waals surface area contributed by atoms with Gasteiger partial charge in [0.05, 0.1) is 5.52 Å². The van der Waals surface area contributed by atoms with E-state index in [0.29, 0.717) is 0 Å². The van der Waals surface area contributed by atoms with Crippen LogP contribution in [-0.4, -0.2) is 29.1 Å². The molecule has 0 fully saturated rings. The smallest absolute Gasteiger partial charge is 0.116 e. The first-order valence-electron chi connectivity index (χ1n) is 4.39. The van der Waals surface area contributed by atoms with Crippen molar-refractivity contribution in [2.45, 2.75) is 0 Å². The summed E-state index contributed by atoms with van der Waals surface area (Å²) in [5.41, 5.74) is 5.18. The Labute approximate surface area is 82.6 Å². The maximum absolute atomic E-state index is 4.15. The predicted octanol–water partition coefficient (Wildman–Crippen LogP) is 1.52. The molecule has 0 atom stereocenters. The third-order valence-electron chi connectivity index (χ3n) is 1.86. The number of nitrogens with zero attached hydrogens (tertiary/aromatic N) is 3.